The van der Waals surface area contributed by atoms with Crippen molar-refractivity contribution in [3.63, 3.8) is 0 Å². The van der Waals surface area contributed by atoms with Crippen molar-refractivity contribution in [3.8, 4) is 10.7 Å². The number of nitrogens with zero attached hydrogens (tertiary/aromatic N) is 4. The van der Waals surface area contributed by atoms with Gasteiger partial charge in [0.1, 0.15) is 0 Å². The van der Waals surface area contributed by atoms with E-state index in [1.807, 2.05) is 26.2 Å². The topological polar surface area (TPSA) is 80.9 Å². The molecule has 0 aliphatic heterocycles. The molecule has 0 aliphatic carbocycles. The van der Waals surface area contributed by atoms with Crippen LogP contribution in [0.3, 0.4) is 0 Å². The fourth-order valence-electron chi connectivity index (χ4n) is 2.29. The number of carboxylic acids is 1. The molecule has 0 aliphatic rings. The van der Waals surface area contributed by atoms with Gasteiger partial charge in [0.25, 0.3) is 0 Å². The van der Waals surface area contributed by atoms with Crippen LogP contribution in [0.25, 0.3) is 10.7 Å². The summed E-state index contributed by atoms with van der Waals surface area (Å²) in [6, 6.07) is 1.76. The molecule has 0 aromatic carbocycles. The van der Waals surface area contributed by atoms with Crippen molar-refractivity contribution in [1.82, 2.24) is 20.2 Å². The minimum Gasteiger partial charge on any atom is -0.481 e. The Labute approximate surface area is 127 Å². The first-order valence-corrected chi connectivity index (χ1v) is 7.79. The van der Waals surface area contributed by atoms with E-state index in [1.54, 1.807) is 16.0 Å². The number of thiophene rings is 1. The molecule has 0 saturated heterocycles. The Morgan fingerprint density at radius 1 is 1.48 bits per heavy atom. The zero-order valence-corrected chi connectivity index (χ0v) is 13.5. The minimum absolute atomic E-state index is 0.00558. The van der Waals surface area contributed by atoms with Gasteiger partial charge in [0.15, 0.2) is 5.82 Å². The van der Waals surface area contributed by atoms with Crippen molar-refractivity contribution < 1.29 is 9.90 Å². The summed E-state index contributed by atoms with van der Waals surface area (Å²) in [4.78, 5) is 12.2. The van der Waals surface area contributed by atoms with E-state index < -0.39 is 5.97 Å². The van der Waals surface area contributed by atoms with Crippen LogP contribution in [-0.4, -0.2) is 31.3 Å². The second-order valence-corrected chi connectivity index (χ2v) is 6.97. The second kappa shape index (κ2) is 5.93. The van der Waals surface area contributed by atoms with Gasteiger partial charge in [-0.3, -0.25) is 4.79 Å². The summed E-state index contributed by atoms with van der Waals surface area (Å²) in [5, 5.41) is 23.2. The highest BCUT2D eigenvalue weighted by Gasteiger charge is 2.32. The maximum Gasteiger partial charge on any atom is 0.305 e. The van der Waals surface area contributed by atoms with Gasteiger partial charge in [-0.15, -0.1) is 16.4 Å². The molecular weight excluding hydrogens is 288 g/mol. The van der Waals surface area contributed by atoms with Gasteiger partial charge in [0.2, 0.25) is 0 Å². The fraction of sp³-hybridized carbons (Fsp3) is 0.571. The minimum atomic E-state index is -0.849. The number of carbonyl (C=O) groups is 1. The molecular formula is C14H20N4O2S. The number of aryl methyl sites for hydroxylation is 1. The lowest BCUT2D eigenvalue weighted by atomic mass is 9.84. The van der Waals surface area contributed by atoms with Crippen molar-refractivity contribution in [2.45, 2.75) is 46.6 Å². The average molecular weight is 308 g/mol. The van der Waals surface area contributed by atoms with Crippen LogP contribution < -0.4 is 0 Å². The van der Waals surface area contributed by atoms with Gasteiger partial charge in [0, 0.05) is 0 Å². The second-order valence-electron chi connectivity index (χ2n) is 6.06. The Balaban J connectivity index is 2.49. The number of rotatable bonds is 5. The van der Waals surface area contributed by atoms with Crippen LogP contribution in [0.2, 0.25) is 0 Å². The van der Waals surface area contributed by atoms with Crippen molar-refractivity contribution in [2.75, 3.05) is 0 Å². The van der Waals surface area contributed by atoms with E-state index in [0.29, 0.717) is 5.82 Å². The normalized spacial score (nSPS) is 13.3. The van der Waals surface area contributed by atoms with E-state index in [-0.39, 0.29) is 17.9 Å². The van der Waals surface area contributed by atoms with Gasteiger partial charge in [-0.2, -0.15) is 0 Å². The lowest BCUT2D eigenvalue weighted by molar-refractivity contribution is -0.138. The molecule has 6 nitrogen and oxygen atoms in total. The number of carboxylic acid groups (broad SMARTS) is 1. The molecule has 21 heavy (non-hydrogen) atoms. The van der Waals surface area contributed by atoms with Crippen molar-refractivity contribution in [1.29, 1.82) is 0 Å². The number of tetrazole rings is 1. The summed E-state index contributed by atoms with van der Waals surface area (Å²) in [6.07, 6.45) is 0.888. The van der Waals surface area contributed by atoms with Gasteiger partial charge in [0.05, 0.1) is 17.3 Å². The molecule has 2 heterocycles. The van der Waals surface area contributed by atoms with E-state index in [4.69, 9.17) is 0 Å². The molecule has 0 amide bonds. The molecule has 0 bridgehead atoms. The third-order valence-electron chi connectivity index (χ3n) is 3.49. The molecule has 2 aromatic rings. The molecule has 0 fully saturated rings. The molecule has 1 N–H and O–H groups in total. The molecule has 1 unspecified atom stereocenters. The molecule has 0 spiro atoms. The summed E-state index contributed by atoms with van der Waals surface area (Å²) < 4.78 is 1.67. The van der Waals surface area contributed by atoms with E-state index in [1.165, 1.54) is 5.56 Å². The Bertz CT molecular complexity index is 627. The molecule has 0 radical (unpaired) electrons. The van der Waals surface area contributed by atoms with Crippen LogP contribution in [0.1, 0.15) is 45.7 Å². The largest absolute Gasteiger partial charge is 0.481 e. The standard InChI is InChI=1S/C14H20N4O2S/c1-5-9-6-7-21-12(9)13-15-16-17-18(13)10(8-11(19)20)14(2,3)4/h6-7,10H,5,8H2,1-4H3,(H,19,20). The van der Waals surface area contributed by atoms with Crippen molar-refractivity contribution in [2.24, 2.45) is 5.41 Å². The summed E-state index contributed by atoms with van der Waals surface area (Å²) in [5.74, 6) is -0.193. The van der Waals surface area contributed by atoms with Crippen LogP contribution in [-0.2, 0) is 11.2 Å². The fourth-order valence-corrected chi connectivity index (χ4v) is 3.26. The van der Waals surface area contributed by atoms with E-state index in [9.17, 15) is 9.90 Å². The van der Waals surface area contributed by atoms with Gasteiger partial charge in [-0.05, 0) is 39.3 Å². The zero-order chi connectivity index (χ0) is 15.6. The van der Waals surface area contributed by atoms with E-state index in [2.05, 4.69) is 28.5 Å². The molecule has 114 valence electrons. The first-order chi connectivity index (χ1) is 9.84. The molecule has 1 atom stereocenters. The molecule has 2 rings (SSSR count). The maximum absolute atomic E-state index is 11.2. The van der Waals surface area contributed by atoms with Crippen LogP contribution in [0.15, 0.2) is 11.4 Å². The van der Waals surface area contributed by atoms with Crippen molar-refractivity contribution in [3.05, 3.63) is 17.0 Å². The van der Waals surface area contributed by atoms with Crippen LogP contribution in [0.5, 0.6) is 0 Å². The first kappa shape index (κ1) is 15.6. The van der Waals surface area contributed by atoms with Crippen molar-refractivity contribution >= 4 is 17.3 Å². The maximum atomic E-state index is 11.2. The number of aliphatic carboxylic acids is 1. The lowest BCUT2D eigenvalue weighted by Crippen LogP contribution is -2.28. The number of aromatic nitrogens is 4. The third kappa shape index (κ3) is 3.29. The highest BCUT2D eigenvalue weighted by atomic mass is 32.1. The SMILES string of the molecule is CCc1ccsc1-c1nnnn1C(CC(=O)O)C(C)(C)C. The molecule has 7 heteroatoms. The highest BCUT2D eigenvalue weighted by Crippen LogP contribution is 2.37. The zero-order valence-electron chi connectivity index (χ0n) is 12.7. The van der Waals surface area contributed by atoms with Crippen LogP contribution in [0, 0.1) is 5.41 Å². The van der Waals surface area contributed by atoms with Gasteiger partial charge in [-0.25, -0.2) is 4.68 Å². The molecule has 2 aromatic heterocycles. The molecule has 0 saturated carbocycles. The summed E-state index contributed by atoms with van der Waals surface area (Å²) in [5.41, 5.74) is 0.922. The van der Waals surface area contributed by atoms with E-state index in [0.717, 1.165) is 11.3 Å². The average Bonchev–Trinajstić information content (AvgIpc) is 3.02. The quantitative estimate of drug-likeness (QED) is 0.918. The van der Waals surface area contributed by atoms with E-state index >= 15 is 0 Å². The Kier molecular flexibility index (Phi) is 4.41. The first-order valence-electron chi connectivity index (χ1n) is 6.91. The van der Waals surface area contributed by atoms with Gasteiger partial charge >= 0.3 is 5.97 Å². The predicted molar refractivity (Wildman–Crippen MR) is 81.3 cm³/mol. The smallest absolute Gasteiger partial charge is 0.305 e. The number of hydrogen-bond acceptors (Lipinski definition) is 5. The Hall–Kier alpha value is -1.76. The lowest BCUT2D eigenvalue weighted by Gasteiger charge is -2.29. The van der Waals surface area contributed by atoms with Gasteiger partial charge < -0.3 is 5.11 Å². The summed E-state index contributed by atoms with van der Waals surface area (Å²) in [7, 11) is 0. The Morgan fingerprint density at radius 2 is 2.19 bits per heavy atom. The monoisotopic (exact) mass is 308 g/mol. The predicted octanol–water partition coefficient (Wildman–Crippen LogP) is 3.03. The number of hydrogen-bond donors (Lipinski definition) is 1. The Morgan fingerprint density at radius 3 is 2.76 bits per heavy atom. The summed E-state index contributed by atoms with van der Waals surface area (Å²) in [6.45, 7) is 8.09. The third-order valence-corrected chi connectivity index (χ3v) is 4.44. The van der Waals surface area contributed by atoms with Crippen LogP contribution in [0.4, 0.5) is 0 Å². The van der Waals surface area contributed by atoms with Crippen LogP contribution >= 0.6 is 11.3 Å². The summed E-state index contributed by atoms with van der Waals surface area (Å²) >= 11 is 1.58. The highest BCUT2D eigenvalue weighted by molar-refractivity contribution is 7.13. The van der Waals surface area contributed by atoms with Gasteiger partial charge in [-0.1, -0.05) is 27.7 Å².